The molecule has 2 unspecified atom stereocenters. The van der Waals surface area contributed by atoms with E-state index in [0.29, 0.717) is 17.5 Å². The highest BCUT2D eigenvalue weighted by Crippen LogP contribution is 2.56. The number of hydrogen-bond acceptors (Lipinski definition) is 4. The van der Waals surface area contributed by atoms with Gasteiger partial charge in [0.05, 0.1) is 6.10 Å². The maximum Gasteiger partial charge on any atom is 0.407 e. The van der Waals surface area contributed by atoms with Crippen LogP contribution >= 0.6 is 0 Å². The fourth-order valence-corrected chi connectivity index (χ4v) is 3.37. The van der Waals surface area contributed by atoms with Crippen molar-refractivity contribution in [1.82, 2.24) is 10.6 Å². The van der Waals surface area contributed by atoms with Crippen LogP contribution in [0.15, 0.2) is 0 Å². The third-order valence-corrected chi connectivity index (χ3v) is 4.96. The van der Waals surface area contributed by atoms with Crippen molar-refractivity contribution in [2.45, 2.75) is 83.6 Å². The highest BCUT2D eigenvalue weighted by Gasteiger charge is 2.55. The van der Waals surface area contributed by atoms with Gasteiger partial charge in [-0.2, -0.15) is 0 Å². The Balaban J connectivity index is 1.68. The zero-order chi connectivity index (χ0) is 16.4. The number of carbonyl (C=O) groups excluding carboxylic acids is 1. The Hall–Kier alpha value is -0.810. The number of rotatable bonds is 5. The first-order valence-electron chi connectivity index (χ1n) is 8.50. The summed E-state index contributed by atoms with van der Waals surface area (Å²) in [7, 11) is 1.75. The smallest absolute Gasteiger partial charge is 0.407 e. The van der Waals surface area contributed by atoms with Crippen LogP contribution in [-0.4, -0.2) is 43.5 Å². The van der Waals surface area contributed by atoms with Gasteiger partial charge in [0.15, 0.2) is 0 Å². The molecule has 0 aromatic carbocycles. The quantitative estimate of drug-likeness (QED) is 0.819. The van der Waals surface area contributed by atoms with Crippen LogP contribution in [0.2, 0.25) is 0 Å². The van der Waals surface area contributed by atoms with E-state index < -0.39 is 5.60 Å². The Morgan fingerprint density at radius 3 is 2.50 bits per heavy atom. The van der Waals surface area contributed by atoms with Crippen molar-refractivity contribution < 1.29 is 14.3 Å². The van der Waals surface area contributed by atoms with E-state index in [1.165, 1.54) is 25.7 Å². The molecule has 1 amide bonds. The van der Waals surface area contributed by atoms with Crippen LogP contribution in [0.4, 0.5) is 4.79 Å². The van der Waals surface area contributed by atoms with E-state index in [1.54, 1.807) is 7.11 Å². The molecule has 0 radical (unpaired) electrons. The predicted molar refractivity (Wildman–Crippen MR) is 86.9 cm³/mol. The molecule has 0 heterocycles. The Bertz CT molecular complexity index is 384. The SMILES string of the molecule is COC(C)CNC1CCC2(CC1)CC2NC(=O)OC(C)(C)C. The van der Waals surface area contributed by atoms with E-state index in [4.69, 9.17) is 9.47 Å². The standard InChI is InChI=1S/C17H32N2O3/c1-12(21-5)11-18-13-6-8-17(9-7-13)10-14(17)19-15(20)22-16(2,3)4/h12-14,18H,6-11H2,1-5H3,(H,19,20). The number of nitrogens with one attached hydrogen (secondary N) is 2. The average Bonchev–Trinajstić information content (AvgIpc) is 3.07. The van der Waals surface area contributed by atoms with Crippen LogP contribution in [0.5, 0.6) is 0 Å². The number of carbonyl (C=O) groups is 1. The first-order chi connectivity index (χ1) is 10.2. The molecule has 2 saturated carbocycles. The second-order valence-electron chi connectivity index (χ2n) is 7.99. The molecule has 0 aromatic rings. The summed E-state index contributed by atoms with van der Waals surface area (Å²) < 4.78 is 10.6. The van der Waals surface area contributed by atoms with Crippen molar-refractivity contribution in [2.24, 2.45) is 5.41 Å². The largest absolute Gasteiger partial charge is 0.444 e. The van der Waals surface area contributed by atoms with E-state index in [-0.39, 0.29) is 12.2 Å². The van der Waals surface area contributed by atoms with E-state index in [2.05, 4.69) is 17.6 Å². The Morgan fingerprint density at radius 1 is 1.32 bits per heavy atom. The summed E-state index contributed by atoms with van der Waals surface area (Å²) in [5.41, 5.74) is -0.0896. The molecule has 22 heavy (non-hydrogen) atoms. The van der Waals surface area contributed by atoms with Crippen molar-refractivity contribution in [3.05, 3.63) is 0 Å². The first kappa shape index (κ1) is 17.5. The molecule has 0 aromatic heterocycles. The van der Waals surface area contributed by atoms with Crippen molar-refractivity contribution in [3.63, 3.8) is 0 Å². The lowest BCUT2D eigenvalue weighted by atomic mass is 9.82. The van der Waals surface area contributed by atoms with Gasteiger partial charge in [-0.15, -0.1) is 0 Å². The van der Waals surface area contributed by atoms with Crippen LogP contribution in [0, 0.1) is 5.41 Å². The van der Waals surface area contributed by atoms with Crippen LogP contribution in [0.1, 0.15) is 59.8 Å². The summed E-state index contributed by atoms with van der Waals surface area (Å²) >= 11 is 0. The van der Waals surface area contributed by atoms with Crippen LogP contribution in [-0.2, 0) is 9.47 Å². The topological polar surface area (TPSA) is 59.6 Å². The Morgan fingerprint density at radius 2 is 1.95 bits per heavy atom. The molecule has 128 valence electrons. The van der Waals surface area contributed by atoms with Crippen molar-refractivity contribution in [1.29, 1.82) is 0 Å². The monoisotopic (exact) mass is 312 g/mol. The summed E-state index contributed by atoms with van der Waals surface area (Å²) in [5.74, 6) is 0. The van der Waals surface area contributed by atoms with Gasteiger partial charge in [0.25, 0.3) is 0 Å². The van der Waals surface area contributed by atoms with Gasteiger partial charge in [-0.1, -0.05) is 0 Å². The molecule has 2 rings (SSSR count). The molecular formula is C17H32N2O3. The molecule has 5 heteroatoms. The normalized spacial score (nSPS) is 32.6. The minimum atomic E-state index is -0.425. The predicted octanol–water partition coefficient (Wildman–Crippen LogP) is 2.84. The van der Waals surface area contributed by atoms with Gasteiger partial charge in [0, 0.05) is 25.7 Å². The van der Waals surface area contributed by atoms with Crippen LogP contribution in [0.3, 0.4) is 0 Å². The van der Waals surface area contributed by atoms with Gasteiger partial charge < -0.3 is 20.1 Å². The van der Waals surface area contributed by atoms with Gasteiger partial charge in [-0.05, 0) is 65.2 Å². The zero-order valence-corrected chi connectivity index (χ0v) is 14.7. The fourth-order valence-electron chi connectivity index (χ4n) is 3.37. The van der Waals surface area contributed by atoms with Crippen molar-refractivity contribution in [3.8, 4) is 0 Å². The third kappa shape index (κ3) is 4.85. The lowest BCUT2D eigenvalue weighted by Gasteiger charge is -2.31. The van der Waals surface area contributed by atoms with Gasteiger partial charge >= 0.3 is 6.09 Å². The number of amides is 1. The number of hydrogen-bond donors (Lipinski definition) is 2. The molecule has 5 nitrogen and oxygen atoms in total. The molecule has 0 saturated heterocycles. The molecule has 2 aliphatic rings. The third-order valence-electron chi connectivity index (χ3n) is 4.96. The zero-order valence-electron chi connectivity index (χ0n) is 14.7. The summed E-state index contributed by atoms with van der Waals surface area (Å²) in [5, 5.41) is 6.63. The molecule has 2 N–H and O–H groups in total. The minimum Gasteiger partial charge on any atom is -0.444 e. The highest BCUT2D eigenvalue weighted by atomic mass is 16.6. The number of methoxy groups -OCH3 is 1. The molecule has 2 atom stereocenters. The molecule has 1 spiro atoms. The Kier molecular flexibility index (Phi) is 5.38. The number of alkyl carbamates (subject to hydrolysis) is 1. The van der Waals surface area contributed by atoms with Crippen LogP contribution in [0.25, 0.3) is 0 Å². The lowest BCUT2D eigenvalue weighted by molar-refractivity contribution is 0.0511. The second kappa shape index (κ2) is 6.75. The summed E-state index contributed by atoms with van der Waals surface area (Å²) in [6, 6.07) is 0.896. The van der Waals surface area contributed by atoms with Crippen molar-refractivity contribution >= 4 is 6.09 Å². The van der Waals surface area contributed by atoms with Crippen LogP contribution < -0.4 is 10.6 Å². The summed E-state index contributed by atoms with van der Waals surface area (Å²) in [6.07, 6.45) is 5.83. The number of ether oxygens (including phenoxy) is 2. The van der Waals surface area contributed by atoms with E-state index in [1.807, 2.05) is 20.8 Å². The molecule has 2 fully saturated rings. The highest BCUT2D eigenvalue weighted by molar-refractivity contribution is 5.68. The fraction of sp³-hybridized carbons (Fsp3) is 0.941. The maximum absolute atomic E-state index is 11.9. The van der Waals surface area contributed by atoms with E-state index in [0.717, 1.165) is 13.0 Å². The molecule has 0 aliphatic heterocycles. The van der Waals surface area contributed by atoms with Gasteiger partial charge in [0.2, 0.25) is 0 Å². The summed E-state index contributed by atoms with van der Waals surface area (Å²) in [6.45, 7) is 8.68. The first-order valence-corrected chi connectivity index (χ1v) is 8.50. The molecular weight excluding hydrogens is 280 g/mol. The van der Waals surface area contributed by atoms with Gasteiger partial charge in [0.1, 0.15) is 5.60 Å². The van der Waals surface area contributed by atoms with E-state index in [9.17, 15) is 4.79 Å². The lowest BCUT2D eigenvalue weighted by Crippen LogP contribution is -2.40. The molecule has 0 bridgehead atoms. The minimum absolute atomic E-state index is 0.262. The van der Waals surface area contributed by atoms with Gasteiger partial charge in [-0.3, -0.25) is 0 Å². The van der Waals surface area contributed by atoms with Gasteiger partial charge in [-0.25, -0.2) is 4.79 Å². The maximum atomic E-state index is 11.9. The molecule has 2 aliphatic carbocycles. The van der Waals surface area contributed by atoms with E-state index >= 15 is 0 Å². The van der Waals surface area contributed by atoms with Crippen molar-refractivity contribution in [2.75, 3.05) is 13.7 Å². The Labute approximate surface area is 134 Å². The average molecular weight is 312 g/mol. The second-order valence-corrected chi connectivity index (χ2v) is 7.99. The summed E-state index contributed by atoms with van der Waals surface area (Å²) in [4.78, 5) is 11.9.